The molecule has 0 heterocycles. The number of nitrogens with zero attached hydrogens (tertiary/aromatic N) is 3. The predicted molar refractivity (Wildman–Crippen MR) is 124 cm³/mol. The molecule has 0 saturated heterocycles. The van der Waals surface area contributed by atoms with E-state index in [2.05, 4.69) is 31.1 Å². The fraction of sp³-hybridized carbons (Fsp3) is 0.455. The van der Waals surface area contributed by atoms with Crippen LogP contribution in [-0.2, 0) is 11.3 Å². The van der Waals surface area contributed by atoms with Crippen LogP contribution >= 0.6 is 11.6 Å². The Bertz CT molecular complexity index is 840. The molecule has 0 aromatic heterocycles. The number of oxime groups is 1. The van der Waals surface area contributed by atoms with Gasteiger partial charge in [-0.25, -0.2) is 21.5 Å². The highest BCUT2D eigenvalue weighted by atomic mass is 35.5. The molecule has 0 fully saturated rings. The van der Waals surface area contributed by atoms with Crippen molar-refractivity contribution in [3.63, 3.8) is 0 Å². The van der Waals surface area contributed by atoms with Gasteiger partial charge < -0.3 is 4.84 Å². The third-order valence-corrected chi connectivity index (χ3v) is 4.76. The lowest BCUT2D eigenvalue weighted by atomic mass is 10.0. The number of halogens is 1. The summed E-state index contributed by atoms with van der Waals surface area (Å²) in [7, 11) is 1.42. The van der Waals surface area contributed by atoms with E-state index in [0.29, 0.717) is 16.3 Å². The van der Waals surface area contributed by atoms with E-state index >= 15 is 0 Å². The van der Waals surface area contributed by atoms with Gasteiger partial charge in [0, 0.05) is 17.7 Å². The number of allylic oxidation sites excluding steroid dienone is 2. The lowest BCUT2D eigenvalue weighted by molar-refractivity contribution is 0.159. The van der Waals surface area contributed by atoms with Crippen molar-refractivity contribution in [3.8, 4) is 0 Å². The van der Waals surface area contributed by atoms with Crippen LogP contribution < -0.4 is 11.7 Å². The molecule has 166 valence electrons. The zero-order valence-corrected chi connectivity index (χ0v) is 19.7. The highest BCUT2D eigenvalue weighted by Gasteiger charge is 2.22. The normalized spacial score (nSPS) is 13.3. The minimum atomic E-state index is -0.580. The number of nitrogens with two attached hydrogens (primary N) is 2. The molecule has 0 radical (unpaired) electrons. The first-order chi connectivity index (χ1) is 14.0. The maximum Gasteiger partial charge on any atom is 0.352 e. The number of hydrogen-bond acceptors (Lipinski definition) is 5. The van der Waals surface area contributed by atoms with E-state index in [9.17, 15) is 4.79 Å². The summed E-state index contributed by atoms with van der Waals surface area (Å²) < 4.78 is 0. The molecular formula is C22H34ClN5O2. The van der Waals surface area contributed by atoms with Gasteiger partial charge in [0.1, 0.15) is 6.61 Å². The standard InChI is InChI=1S/C22H34ClN5O2/c1-8-18-9-10-19(12-15(18)4)17(6)26-30-13-20(16(5)23)21(11-14(2)3)28(25)22(29)27(7)24/h9-12,14H,8,13,24-25H2,1-7H3/b20-16+,21-11+,26-17?. The fourth-order valence-corrected chi connectivity index (χ4v) is 2.98. The first-order valence-electron chi connectivity index (χ1n) is 9.90. The third kappa shape index (κ3) is 7.16. The van der Waals surface area contributed by atoms with Gasteiger partial charge in [-0.1, -0.05) is 55.7 Å². The van der Waals surface area contributed by atoms with Gasteiger partial charge in [-0.05, 0) is 55.9 Å². The summed E-state index contributed by atoms with van der Waals surface area (Å²) in [4.78, 5) is 17.9. The van der Waals surface area contributed by atoms with Crippen molar-refractivity contribution in [2.75, 3.05) is 13.7 Å². The van der Waals surface area contributed by atoms with Crippen molar-refractivity contribution in [2.24, 2.45) is 22.8 Å². The molecule has 1 aromatic carbocycles. The SMILES string of the molecule is CCc1ccc(C(C)=NOCC(=C(/C)Cl)/C(=C\C(C)C)N(N)C(=O)N(C)N)cc1C. The Kier molecular flexibility index (Phi) is 10.0. The molecule has 0 saturated carbocycles. The smallest absolute Gasteiger partial charge is 0.352 e. The Morgan fingerprint density at radius 3 is 2.40 bits per heavy atom. The average Bonchev–Trinajstić information content (AvgIpc) is 2.67. The maximum atomic E-state index is 12.3. The van der Waals surface area contributed by atoms with Crippen LogP contribution in [0.1, 0.15) is 51.3 Å². The molecule has 4 N–H and O–H groups in total. The molecule has 0 atom stereocenters. The van der Waals surface area contributed by atoms with Crippen molar-refractivity contribution >= 4 is 23.3 Å². The Morgan fingerprint density at radius 2 is 1.93 bits per heavy atom. The lowest BCUT2D eigenvalue weighted by Crippen LogP contribution is -2.48. The number of rotatable bonds is 8. The molecule has 0 aliphatic heterocycles. The molecule has 30 heavy (non-hydrogen) atoms. The molecule has 7 nitrogen and oxygen atoms in total. The van der Waals surface area contributed by atoms with Crippen LogP contribution in [0.4, 0.5) is 4.79 Å². The fourth-order valence-electron chi connectivity index (χ4n) is 2.83. The Balaban J connectivity index is 3.10. The maximum absolute atomic E-state index is 12.3. The molecule has 0 bridgehead atoms. The van der Waals surface area contributed by atoms with Gasteiger partial charge in [-0.2, -0.15) is 0 Å². The number of hydrazine groups is 2. The van der Waals surface area contributed by atoms with E-state index in [4.69, 9.17) is 28.1 Å². The van der Waals surface area contributed by atoms with E-state index in [-0.39, 0.29) is 12.5 Å². The first-order valence-corrected chi connectivity index (χ1v) is 10.3. The molecule has 0 spiro atoms. The summed E-state index contributed by atoms with van der Waals surface area (Å²) in [6.07, 6.45) is 2.81. The van der Waals surface area contributed by atoms with Gasteiger partial charge in [-0.15, -0.1) is 0 Å². The van der Waals surface area contributed by atoms with Crippen molar-refractivity contribution in [2.45, 2.75) is 48.0 Å². The van der Waals surface area contributed by atoms with Crippen LogP contribution in [-0.4, -0.2) is 35.4 Å². The zero-order chi connectivity index (χ0) is 23.0. The number of amides is 2. The Hall–Kier alpha value is -2.35. The quantitative estimate of drug-likeness (QED) is 0.207. The summed E-state index contributed by atoms with van der Waals surface area (Å²) in [6, 6.07) is 5.64. The summed E-state index contributed by atoms with van der Waals surface area (Å²) in [6.45, 7) is 11.8. The van der Waals surface area contributed by atoms with Crippen LogP contribution in [0.25, 0.3) is 0 Å². The summed E-state index contributed by atoms with van der Waals surface area (Å²) in [5, 5.41) is 6.55. The van der Waals surface area contributed by atoms with Crippen molar-refractivity contribution < 1.29 is 9.63 Å². The first kappa shape index (κ1) is 25.7. The summed E-state index contributed by atoms with van der Waals surface area (Å²) >= 11 is 6.31. The van der Waals surface area contributed by atoms with Crippen LogP contribution in [0.3, 0.4) is 0 Å². The van der Waals surface area contributed by atoms with E-state index in [1.807, 2.05) is 32.9 Å². The highest BCUT2D eigenvalue weighted by Crippen LogP contribution is 2.23. The molecule has 1 rings (SSSR count). The third-order valence-electron chi connectivity index (χ3n) is 4.54. The number of hydrogen-bond donors (Lipinski definition) is 2. The van der Waals surface area contributed by atoms with E-state index in [1.165, 1.54) is 18.2 Å². The van der Waals surface area contributed by atoms with Crippen molar-refractivity contribution in [3.05, 3.63) is 57.3 Å². The molecule has 8 heteroatoms. The summed E-state index contributed by atoms with van der Waals surface area (Å²) in [5.41, 5.74) is 5.22. The Morgan fingerprint density at radius 1 is 1.30 bits per heavy atom. The van der Waals surface area contributed by atoms with Crippen LogP contribution in [0.2, 0.25) is 0 Å². The number of urea groups is 1. The second kappa shape index (κ2) is 11.7. The minimum absolute atomic E-state index is 0.0481. The highest BCUT2D eigenvalue weighted by molar-refractivity contribution is 6.29. The average molecular weight is 436 g/mol. The Labute approximate surface area is 184 Å². The lowest BCUT2D eigenvalue weighted by Gasteiger charge is -2.26. The number of benzene rings is 1. The molecule has 1 aromatic rings. The van der Waals surface area contributed by atoms with Gasteiger partial charge in [0.2, 0.25) is 0 Å². The van der Waals surface area contributed by atoms with Crippen LogP contribution in [0.5, 0.6) is 0 Å². The van der Waals surface area contributed by atoms with E-state index in [0.717, 1.165) is 27.7 Å². The second-order valence-electron chi connectivity index (χ2n) is 7.52. The molecular weight excluding hydrogens is 402 g/mol. The minimum Gasteiger partial charge on any atom is -0.391 e. The predicted octanol–water partition coefficient (Wildman–Crippen LogP) is 4.45. The van der Waals surface area contributed by atoms with E-state index < -0.39 is 6.03 Å². The van der Waals surface area contributed by atoms with Crippen molar-refractivity contribution in [1.29, 1.82) is 0 Å². The number of carbonyl (C=O) groups is 1. The van der Waals surface area contributed by atoms with Crippen LogP contribution in [0.15, 0.2) is 45.7 Å². The molecule has 0 aliphatic carbocycles. The number of aryl methyl sites for hydroxylation is 2. The molecule has 0 unspecified atom stereocenters. The van der Waals surface area contributed by atoms with E-state index in [1.54, 1.807) is 6.92 Å². The van der Waals surface area contributed by atoms with Gasteiger partial charge in [0.25, 0.3) is 0 Å². The second-order valence-corrected chi connectivity index (χ2v) is 8.08. The summed E-state index contributed by atoms with van der Waals surface area (Å²) in [5.74, 6) is 11.7. The van der Waals surface area contributed by atoms with Crippen LogP contribution in [0, 0.1) is 12.8 Å². The van der Waals surface area contributed by atoms with Gasteiger partial charge in [0.15, 0.2) is 0 Å². The largest absolute Gasteiger partial charge is 0.391 e. The van der Waals surface area contributed by atoms with Gasteiger partial charge >= 0.3 is 6.03 Å². The monoisotopic (exact) mass is 435 g/mol. The number of carbonyl (C=O) groups excluding carboxylic acids is 1. The van der Waals surface area contributed by atoms with Gasteiger partial charge in [-0.3, -0.25) is 5.01 Å². The van der Waals surface area contributed by atoms with Crippen molar-refractivity contribution in [1.82, 2.24) is 10.0 Å². The zero-order valence-electron chi connectivity index (χ0n) is 19.0. The topological polar surface area (TPSA) is 97.2 Å². The molecule has 2 amide bonds. The molecule has 0 aliphatic rings. The van der Waals surface area contributed by atoms with Gasteiger partial charge in [0.05, 0.1) is 11.4 Å².